The van der Waals surface area contributed by atoms with E-state index in [0.717, 1.165) is 0 Å². The van der Waals surface area contributed by atoms with Crippen LogP contribution < -0.4 is 0 Å². The summed E-state index contributed by atoms with van der Waals surface area (Å²) in [6.07, 6.45) is 3.03. The van der Waals surface area contributed by atoms with Gasteiger partial charge in [-0.1, -0.05) is 0 Å². The second kappa shape index (κ2) is 9.76. The standard InChI is InChI=1S/C10H18O5/c1-2-12-5-6-14-9-10-15-8-7-13-4-3-11-1/h1-2H,3-10H2. The first-order valence-electron chi connectivity index (χ1n) is 5.11. The molecular weight excluding hydrogens is 200 g/mol. The molecule has 1 rings (SSSR count). The Morgan fingerprint density at radius 3 is 1.20 bits per heavy atom. The molecule has 1 aliphatic heterocycles. The Morgan fingerprint density at radius 2 is 0.800 bits per heavy atom. The van der Waals surface area contributed by atoms with Gasteiger partial charge in [0, 0.05) is 0 Å². The van der Waals surface area contributed by atoms with Crippen LogP contribution in [0, 0.1) is 0 Å². The zero-order valence-corrected chi connectivity index (χ0v) is 8.85. The molecule has 0 bridgehead atoms. The van der Waals surface area contributed by atoms with Gasteiger partial charge in [-0.25, -0.2) is 0 Å². The highest BCUT2D eigenvalue weighted by atomic mass is 16.6. The maximum absolute atomic E-state index is 5.26. The van der Waals surface area contributed by atoms with E-state index in [9.17, 15) is 0 Å². The lowest BCUT2D eigenvalue weighted by Gasteiger charge is -2.05. The Kier molecular flexibility index (Phi) is 8.00. The predicted octanol–water partition coefficient (Wildman–Crippen LogP) is 0.554. The average molecular weight is 218 g/mol. The van der Waals surface area contributed by atoms with Crippen LogP contribution in [0.25, 0.3) is 0 Å². The van der Waals surface area contributed by atoms with Gasteiger partial charge >= 0.3 is 0 Å². The molecule has 0 atom stereocenters. The first-order chi connectivity index (χ1) is 7.50. The third-order valence-corrected chi connectivity index (χ3v) is 1.68. The summed E-state index contributed by atoms with van der Waals surface area (Å²) in [4.78, 5) is 0. The molecule has 0 amide bonds. The third-order valence-electron chi connectivity index (χ3n) is 1.68. The second-order valence-electron chi connectivity index (χ2n) is 2.85. The van der Waals surface area contributed by atoms with Crippen LogP contribution in [0.5, 0.6) is 0 Å². The molecule has 5 nitrogen and oxygen atoms in total. The second-order valence-corrected chi connectivity index (χ2v) is 2.85. The Balaban J connectivity index is 2.08. The Hall–Kier alpha value is -0.780. The van der Waals surface area contributed by atoms with Crippen molar-refractivity contribution in [2.24, 2.45) is 0 Å². The quantitative estimate of drug-likeness (QED) is 0.594. The normalized spacial score (nSPS) is 21.9. The van der Waals surface area contributed by atoms with E-state index >= 15 is 0 Å². The van der Waals surface area contributed by atoms with Crippen molar-refractivity contribution in [1.82, 2.24) is 0 Å². The molecule has 0 fully saturated rings. The average Bonchev–Trinajstić information content (AvgIpc) is 2.27. The van der Waals surface area contributed by atoms with Gasteiger partial charge < -0.3 is 23.7 Å². The molecule has 0 saturated heterocycles. The van der Waals surface area contributed by atoms with Crippen molar-refractivity contribution in [2.75, 3.05) is 52.9 Å². The summed E-state index contributed by atoms with van der Waals surface area (Å²) in [5.41, 5.74) is 0. The summed E-state index contributed by atoms with van der Waals surface area (Å²) in [6.45, 7) is 4.53. The number of hydrogen-bond donors (Lipinski definition) is 0. The summed E-state index contributed by atoms with van der Waals surface area (Å²) in [7, 11) is 0. The lowest BCUT2D eigenvalue weighted by Crippen LogP contribution is -2.12. The highest BCUT2D eigenvalue weighted by molar-refractivity contribution is 4.60. The Morgan fingerprint density at radius 1 is 0.467 bits per heavy atom. The van der Waals surface area contributed by atoms with E-state index in [2.05, 4.69) is 0 Å². The topological polar surface area (TPSA) is 46.2 Å². The fourth-order valence-corrected chi connectivity index (χ4v) is 0.971. The molecule has 1 aliphatic rings. The van der Waals surface area contributed by atoms with E-state index in [0.29, 0.717) is 52.9 Å². The van der Waals surface area contributed by atoms with Crippen molar-refractivity contribution in [3.63, 3.8) is 0 Å². The SMILES string of the molecule is C1=COCCOCCOCCOCCO1. The summed E-state index contributed by atoms with van der Waals surface area (Å²) in [6, 6.07) is 0. The Labute approximate surface area is 89.9 Å². The van der Waals surface area contributed by atoms with Gasteiger partial charge in [0.1, 0.15) is 25.7 Å². The van der Waals surface area contributed by atoms with E-state index in [4.69, 9.17) is 23.7 Å². The van der Waals surface area contributed by atoms with Crippen LogP contribution in [0.1, 0.15) is 0 Å². The van der Waals surface area contributed by atoms with Gasteiger partial charge in [0.2, 0.25) is 0 Å². The summed E-state index contributed by atoms with van der Waals surface area (Å²) < 4.78 is 25.9. The fraction of sp³-hybridized carbons (Fsp3) is 0.800. The molecule has 5 heteroatoms. The van der Waals surface area contributed by atoms with Gasteiger partial charge in [-0.05, 0) is 0 Å². The van der Waals surface area contributed by atoms with E-state index in [1.807, 2.05) is 0 Å². The number of rotatable bonds is 0. The molecule has 15 heavy (non-hydrogen) atoms. The molecular formula is C10H18O5. The van der Waals surface area contributed by atoms with Crippen molar-refractivity contribution in [2.45, 2.75) is 0 Å². The van der Waals surface area contributed by atoms with Crippen molar-refractivity contribution < 1.29 is 23.7 Å². The van der Waals surface area contributed by atoms with Crippen LogP contribution in [0.4, 0.5) is 0 Å². The van der Waals surface area contributed by atoms with Crippen LogP contribution in [0.2, 0.25) is 0 Å². The molecule has 0 aromatic heterocycles. The fourth-order valence-electron chi connectivity index (χ4n) is 0.971. The maximum atomic E-state index is 5.26. The van der Waals surface area contributed by atoms with Gasteiger partial charge in [0.25, 0.3) is 0 Å². The van der Waals surface area contributed by atoms with E-state index in [1.54, 1.807) is 0 Å². The highest BCUT2D eigenvalue weighted by Gasteiger charge is 1.92. The summed E-state index contributed by atoms with van der Waals surface area (Å²) >= 11 is 0. The van der Waals surface area contributed by atoms with Crippen molar-refractivity contribution >= 4 is 0 Å². The summed E-state index contributed by atoms with van der Waals surface area (Å²) in [5, 5.41) is 0. The van der Waals surface area contributed by atoms with Gasteiger partial charge in [0.15, 0.2) is 0 Å². The predicted molar refractivity (Wildman–Crippen MR) is 53.5 cm³/mol. The first-order valence-corrected chi connectivity index (χ1v) is 5.11. The van der Waals surface area contributed by atoms with Gasteiger partial charge in [-0.15, -0.1) is 0 Å². The van der Waals surface area contributed by atoms with Crippen LogP contribution in [0.3, 0.4) is 0 Å². The highest BCUT2D eigenvalue weighted by Crippen LogP contribution is 1.86. The molecule has 1 heterocycles. The lowest BCUT2D eigenvalue weighted by molar-refractivity contribution is 0.00337. The molecule has 0 radical (unpaired) electrons. The van der Waals surface area contributed by atoms with Crippen LogP contribution >= 0.6 is 0 Å². The smallest absolute Gasteiger partial charge is 0.117 e. The zero-order chi connectivity index (χ0) is 10.6. The molecule has 0 aromatic rings. The Bertz CT molecular complexity index is 144. The van der Waals surface area contributed by atoms with Crippen molar-refractivity contribution in [3.05, 3.63) is 12.5 Å². The van der Waals surface area contributed by atoms with Gasteiger partial charge in [-0.2, -0.15) is 0 Å². The monoisotopic (exact) mass is 218 g/mol. The van der Waals surface area contributed by atoms with E-state index in [-0.39, 0.29) is 0 Å². The molecule has 0 saturated carbocycles. The minimum absolute atomic E-state index is 0.524. The molecule has 0 aromatic carbocycles. The van der Waals surface area contributed by atoms with Gasteiger partial charge in [0.05, 0.1) is 39.6 Å². The lowest BCUT2D eigenvalue weighted by atomic mass is 10.7. The van der Waals surface area contributed by atoms with E-state index < -0.39 is 0 Å². The minimum Gasteiger partial charge on any atom is -0.496 e. The number of ether oxygens (including phenoxy) is 5. The van der Waals surface area contributed by atoms with Crippen LogP contribution in [-0.4, -0.2) is 52.9 Å². The zero-order valence-electron chi connectivity index (χ0n) is 8.85. The largest absolute Gasteiger partial charge is 0.496 e. The van der Waals surface area contributed by atoms with Gasteiger partial charge in [-0.3, -0.25) is 0 Å². The third kappa shape index (κ3) is 8.23. The minimum atomic E-state index is 0.524. The van der Waals surface area contributed by atoms with Crippen LogP contribution in [-0.2, 0) is 23.7 Å². The molecule has 0 spiro atoms. The van der Waals surface area contributed by atoms with Crippen LogP contribution in [0.15, 0.2) is 12.5 Å². The first kappa shape index (κ1) is 12.3. The molecule has 0 N–H and O–H groups in total. The molecule has 0 unspecified atom stereocenters. The van der Waals surface area contributed by atoms with Crippen molar-refractivity contribution in [1.29, 1.82) is 0 Å². The van der Waals surface area contributed by atoms with E-state index in [1.165, 1.54) is 12.5 Å². The maximum Gasteiger partial charge on any atom is 0.117 e. The molecule has 0 aliphatic carbocycles. The molecule has 88 valence electrons. The summed E-state index contributed by atoms with van der Waals surface area (Å²) in [5.74, 6) is 0. The number of hydrogen-bond acceptors (Lipinski definition) is 5. The van der Waals surface area contributed by atoms with Crippen molar-refractivity contribution in [3.8, 4) is 0 Å².